The molecule has 5 nitrogen and oxygen atoms in total. The van der Waals surface area contributed by atoms with Crippen LogP contribution in [0, 0.1) is 0 Å². The number of ether oxygens (including phenoxy) is 3. The third-order valence-electron chi connectivity index (χ3n) is 2.85. The summed E-state index contributed by atoms with van der Waals surface area (Å²) in [6.45, 7) is 2.70. The molecular weight excluding hydrogens is 258 g/mol. The highest BCUT2D eigenvalue weighted by molar-refractivity contribution is 5.28. The van der Waals surface area contributed by atoms with Crippen molar-refractivity contribution in [2.24, 2.45) is 0 Å². The lowest BCUT2D eigenvalue weighted by Crippen LogP contribution is -2.32. The van der Waals surface area contributed by atoms with Gasteiger partial charge in [0.05, 0.1) is 33.0 Å². The average molecular weight is 283 g/mol. The van der Waals surface area contributed by atoms with Crippen LogP contribution in [0.15, 0.2) is 24.3 Å². The molecule has 1 unspecified atom stereocenters. The molecule has 0 aliphatic heterocycles. The van der Waals surface area contributed by atoms with Crippen LogP contribution in [-0.2, 0) is 16.0 Å². The van der Waals surface area contributed by atoms with Crippen molar-refractivity contribution in [1.29, 1.82) is 0 Å². The van der Waals surface area contributed by atoms with E-state index in [-0.39, 0.29) is 0 Å². The molecule has 20 heavy (non-hydrogen) atoms. The van der Waals surface area contributed by atoms with Gasteiger partial charge < -0.3 is 19.3 Å². The van der Waals surface area contributed by atoms with Gasteiger partial charge in [-0.05, 0) is 24.7 Å². The van der Waals surface area contributed by atoms with Crippen LogP contribution in [0.5, 0.6) is 5.75 Å². The minimum atomic E-state index is -0.498. The highest BCUT2D eigenvalue weighted by Crippen LogP contribution is 2.13. The summed E-state index contributed by atoms with van der Waals surface area (Å²) in [5.74, 6) is 0.847. The highest BCUT2D eigenvalue weighted by atomic mass is 16.5. The lowest BCUT2D eigenvalue weighted by Gasteiger charge is -2.20. The summed E-state index contributed by atoms with van der Waals surface area (Å²) >= 11 is 0. The van der Waals surface area contributed by atoms with Crippen molar-refractivity contribution in [2.75, 3.05) is 47.6 Å². The number of aliphatic hydroxyl groups excluding tert-OH is 1. The van der Waals surface area contributed by atoms with E-state index in [0.29, 0.717) is 26.4 Å². The molecule has 0 spiro atoms. The Hall–Kier alpha value is -1.14. The summed E-state index contributed by atoms with van der Waals surface area (Å²) in [4.78, 5) is 2.05. The molecule has 0 heterocycles. The molecule has 0 saturated carbocycles. The molecule has 5 heteroatoms. The molecule has 0 aliphatic rings. The molecule has 1 N–H and O–H groups in total. The maximum atomic E-state index is 9.87. The summed E-state index contributed by atoms with van der Waals surface area (Å²) < 4.78 is 15.4. The normalized spacial score (nSPS) is 12.7. The fraction of sp³-hybridized carbons (Fsp3) is 0.600. The molecule has 0 bridgehead atoms. The molecule has 0 amide bonds. The lowest BCUT2D eigenvalue weighted by molar-refractivity contribution is 0.00160. The van der Waals surface area contributed by atoms with Crippen molar-refractivity contribution in [2.45, 2.75) is 12.6 Å². The van der Waals surface area contributed by atoms with Crippen molar-refractivity contribution in [3.05, 3.63) is 29.8 Å². The van der Waals surface area contributed by atoms with Gasteiger partial charge >= 0.3 is 0 Å². The van der Waals surface area contributed by atoms with Crippen LogP contribution < -0.4 is 4.74 Å². The van der Waals surface area contributed by atoms with Crippen molar-refractivity contribution in [1.82, 2.24) is 4.90 Å². The number of likely N-dealkylation sites (N-methyl/N-ethyl adjacent to an activating group) is 1. The second-order valence-corrected chi connectivity index (χ2v) is 4.77. The number of rotatable bonds is 10. The van der Waals surface area contributed by atoms with E-state index in [9.17, 15) is 5.11 Å². The monoisotopic (exact) mass is 283 g/mol. The second-order valence-electron chi connectivity index (χ2n) is 4.77. The summed E-state index contributed by atoms with van der Waals surface area (Å²) in [5, 5.41) is 9.87. The van der Waals surface area contributed by atoms with E-state index < -0.39 is 6.10 Å². The molecule has 0 aliphatic carbocycles. The summed E-state index contributed by atoms with van der Waals surface area (Å²) in [7, 11) is 5.25. The maximum Gasteiger partial charge on any atom is 0.119 e. The Bertz CT molecular complexity index is 373. The van der Waals surface area contributed by atoms with Gasteiger partial charge in [0.2, 0.25) is 0 Å². The van der Waals surface area contributed by atoms with Gasteiger partial charge in [-0.1, -0.05) is 12.1 Å². The topological polar surface area (TPSA) is 51.2 Å². The number of hydrogen-bond acceptors (Lipinski definition) is 5. The Kier molecular flexibility index (Phi) is 8.22. The minimum absolute atomic E-state index is 0.325. The van der Waals surface area contributed by atoms with Crippen LogP contribution in [0.2, 0.25) is 0 Å². The summed E-state index contributed by atoms with van der Waals surface area (Å²) in [6, 6.07) is 7.92. The predicted octanol–water partition coefficient (Wildman–Crippen LogP) is 1.15. The van der Waals surface area contributed by atoms with E-state index in [4.69, 9.17) is 14.2 Å². The molecule has 1 atom stereocenters. The van der Waals surface area contributed by atoms with E-state index in [0.717, 1.165) is 17.9 Å². The molecule has 0 fully saturated rings. The van der Waals surface area contributed by atoms with Gasteiger partial charge in [0.15, 0.2) is 0 Å². The number of benzene rings is 1. The van der Waals surface area contributed by atoms with E-state index in [1.54, 1.807) is 14.2 Å². The van der Waals surface area contributed by atoms with Crippen LogP contribution >= 0.6 is 0 Å². The SMILES string of the molecule is COCCOCC(O)CN(C)Cc1cccc(OC)c1. The van der Waals surface area contributed by atoms with Gasteiger partial charge in [0.1, 0.15) is 5.75 Å². The van der Waals surface area contributed by atoms with Gasteiger partial charge in [-0.2, -0.15) is 0 Å². The Morgan fingerprint density at radius 1 is 1.25 bits per heavy atom. The molecule has 0 saturated heterocycles. The van der Waals surface area contributed by atoms with Crippen LogP contribution in [0.3, 0.4) is 0 Å². The fourth-order valence-electron chi connectivity index (χ4n) is 1.92. The van der Waals surface area contributed by atoms with Gasteiger partial charge in [-0.25, -0.2) is 0 Å². The third-order valence-corrected chi connectivity index (χ3v) is 2.85. The molecule has 1 aromatic carbocycles. The quantitative estimate of drug-likeness (QED) is 0.653. The molecule has 0 radical (unpaired) electrons. The van der Waals surface area contributed by atoms with E-state index in [2.05, 4.69) is 4.90 Å². The van der Waals surface area contributed by atoms with Crippen LogP contribution in [0.1, 0.15) is 5.56 Å². The lowest BCUT2D eigenvalue weighted by atomic mass is 10.2. The van der Waals surface area contributed by atoms with Gasteiger partial charge in [-0.15, -0.1) is 0 Å². The minimum Gasteiger partial charge on any atom is -0.497 e. The van der Waals surface area contributed by atoms with Crippen LogP contribution in [0.25, 0.3) is 0 Å². The highest BCUT2D eigenvalue weighted by Gasteiger charge is 2.09. The van der Waals surface area contributed by atoms with E-state index in [1.165, 1.54) is 0 Å². The zero-order chi connectivity index (χ0) is 14.8. The van der Waals surface area contributed by atoms with Crippen LogP contribution in [-0.4, -0.2) is 63.7 Å². The number of nitrogens with zero attached hydrogens (tertiary/aromatic N) is 1. The summed E-state index contributed by atoms with van der Waals surface area (Å²) in [5.41, 5.74) is 1.15. The largest absolute Gasteiger partial charge is 0.497 e. The Morgan fingerprint density at radius 3 is 2.75 bits per heavy atom. The molecular formula is C15H25NO4. The van der Waals surface area contributed by atoms with Crippen molar-refractivity contribution >= 4 is 0 Å². The van der Waals surface area contributed by atoms with Crippen molar-refractivity contribution < 1.29 is 19.3 Å². The van der Waals surface area contributed by atoms with Gasteiger partial charge in [0.25, 0.3) is 0 Å². The van der Waals surface area contributed by atoms with E-state index in [1.807, 2.05) is 31.3 Å². The summed E-state index contributed by atoms with van der Waals surface area (Å²) in [6.07, 6.45) is -0.498. The number of hydrogen-bond donors (Lipinski definition) is 1. The number of aliphatic hydroxyl groups is 1. The zero-order valence-corrected chi connectivity index (χ0v) is 12.5. The molecule has 0 aromatic heterocycles. The van der Waals surface area contributed by atoms with Crippen molar-refractivity contribution in [3.8, 4) is 5.75 Å². The molecule has 1 aromatic rings. The van der Waals surface area contributed by atoms with Crippen LogP contribution in [0.4, 0.5) is 0 Å². The van der Waals surface area contributed by atoms with Gasteiger partial charge in [0, 0.05) is 20.2 Å². The fourth-order valence-corrected chi connectivity index (χ4v) is 1.92. The molecule has 1 rings (SSSR count). The Morgan fingerprint density at radius 2 is 2.05 bits per heavy atom. The first-order valence-corrected chi connectivity index (χ1v) is 6.72. The Balaban J connectivity index is 2.29. The predicted molar refractivity (Wildman–Crippen MR) is 78.0 cm³/mol. The maximum absolute atomic E-state index is 9.87. The first-order chi connectivity index (χ1) is 9.65. The third kappa shape index (κ3) is 6.86. The second kappa shape index (κ2) is 9.72. The standard InChI is InChI=1S/C15H25NO4/c1-16(11-14(17)12-20-8-7-18-2)10-13-5-4-6-15(9-13)19-3/h4-6,9,14,17H,7-8,10-12H2,1-3H3. The first kappa shape index (κ1) is 16.9. The van der Waals surface area contributed by atoms with E-state index >= 15 is 0 Å². The Labute approximate surface area is 121 Å². The average Bonchev–Trinajstić information content (AvgIpc) is 2.43. The van der Waals surface area contributed by atoms with Gasteiger partial charge in [-0.3, -0.25) is 4.90 Å². The smallest absolute Gasteiger partial charge is 0.119 e. The molecule has 114 valence electrons. The first-order valence-electron chi connectivity index (χ1n) is 6.72. The van der Waals surface area contributed by atoms with Crippen molar-refractivity contribution in [3.63, 3.8) is 0 Å². The number of methoxy groups -OCH3 is 2. The zero-order valence-electron chi connectivity index (χ0n) is 12.5.